The van der Waals surface area contributed by atoms with Crippen molar-refractivity contribution in [1.29, 1.82) is 0 Å². The molecule has 1 atom stereocenters. The normalized spacial score (nSPS) is 11.7. The molecule has 1 aromatic heterocycles. The fourth-order valence-electron chi connectivity index (χ4n) is 1.74. The first-order chi connectivity index (χ1) is 8.61. The quantitative estimate of drug-likeness (QED) is 0.699. The molecule has 0 saturated heterocycles. The number of para-hydroxylation sites is 1. The first-order valence-corrected chi connectivity index (χ1v) is 5.87. The molecule has 2 rings (SSSR count). The zero-order chi connectivity index (χ0) is 13.1. The number of benzene rings is 1. The molecular formula is C13H14Cl2N2O2. The summed E-state index contributed by atoms with van der Waals surface area (Å²) in [6, 6.07) is 8.94. The maximum absolute atomic E-state index is 11.2. The summed E-state index contributed by atoms with van der Waals surface area (Å²) in [5.41, 5.74) is 7.39. The number of carbonyl (C=O) groups excluding carboxylic acids is 1. The molecule has 0 spiro atoms. The molecule has 2 N–H and O–H groups in total. The van der Waals surface area contributed by atoms with Crippen LogP contribution in [-0.4, -0.2) is 18.1 Å². The third kappa shape index (κ3) is 3.56. The van der Waals surface area contributed by atoms with Gasteiger partial charge in [-0.05, 0) is 12.1 Å². The lowest BCUT2D eigenvalue weighted by Gasteiger charge is -2.12. The summed E-state index contributed by atoms with van der Waals surface area (Å²) in [7, 11) is 1.33. The Bertz CT molecular complexity index is 590. The van der Waals surface area contributed by atoms with E-state index in [1.54, 1.807) is 0 Å². The smallest absolute Gasteiger partial charge is 0.307 e. The maximum atomic E-state index is 11.2. The van der Waals surface area contributed by atoms with Gasteiger partial charge in [-0.2, -0.15) is 0 Å². The molecule has 102 valence electrons. The van der Waals surface area contributed by atoms with Crippen molar-refractivity contribution in [2.45, 2.75) is 12.5 Å². The van der Waals surface area contributed by atoms with Crippen molar-refractivity contribution in [3.05, 3.63) is 41.0 Å². The minimum atomic E-state index is -0.512. The third-order valence-corrected chi connectivity index (χ3v) is 3.02. The van der Waals surface area contributed by atoms with E-state index in [0.717, 1.165) is 10.9 Å². The number of halogens is 2. The maximum Gasteiger partial charge on any atom is 0.307 e. The molecule has 1 aromatic carbocycles. The summed E-state index contributed by atoms with van der Waals surface area (Å²) in [6.07, 6.45) is 0.0796. The van der Waals surface area contributed by atoms with E-state index >= 15 is 0 Å². The number of pyridine rings is 1. The van der Waals surface area contributed by atoms with Crippen LogP contribution in [0.25, 0.3) is 10.9 Å². The number of carbonyl (C=O) groups is 1. The van der Waals surface area contributed by atoms with E-state index in [1.165, 1.54) is 7.11 Å². The van der Waals surface area contributed by atoms with E-state index < -0.39 is 6.04 Å². The Kier molecular flexibility index (Phi) is 5.54. The van der Waals surface area contributed by atoms with E-state index in [0.29, 0.717) is 10.7 Å². The molecule has 19 heavy (non-hydrogen) atoms. The number of esters is 1. The average Bonchev–Trinajstić information content (AvgIpc) is 2.37. The summed E-state index contributed by atoms with van der Waals surface area (Å²) in [4.78, 5) is 15.5. The van der Waals surface area contributed by atoms with Gasteiger partial charge in [-0.15, -0.1) is 12.4 Å². The summed E-state index contributed by atoms with van der Waals surface area (Å²) >= 11 is 6.08. The Hall–Kier alpha value is -1.36. The lowest BCUT2D eigenvalue weighted by atomic mass is 10.0. The predicted octanol–water partition coefficient (Wildman–Crippen LogP) is 2.87. The highest BCUT2D eigenvalue weighted by atomic mass is 35.5. The standard InChI is InChI=1S/C13H13ClN2O2.ClH/c1-18-12(17)7-10(15)9-6-8-4-2-3-5-11(8)16-13(9)14;/h2-6,10H,7,15H2,1H3;1H/t10-;/m0./s1. The third-order valence-electron chi connectivity index (χ3n) is 2.72. The minimum absolute atomic E-state index is 0. The zero-order valence-corrected chi connectivity index (χ0v) is 11.9. The van der Waals surface area contributed by atoms with Crippen LogP contribution >= 0.6 is 24.0 Å². The van der Waals surface area contributed by atoms with Crippen LogP contribution in [-0.2, 0) is 9.53 Å². The van der Waals surface area contributed by atoms with Crippen LogP contribution in [0.2, 0.25) is 5.15 Å². The molecule has 2 aromatic rings. The molecule has 0 amide bonds. The highest BCUT2D eigenvalue weighted by Crippen LogP contribution is 2.26. The molecule has 0 saturated carbocycles. The molecule has 6 heteroatoms. The SMILES string of the molecule is COC(=O)C[C@H](N)c1cc2ccccc2nc1Cl.Cl. The first kappa shape index (κ1) is 15.7. The Labute approximate surface area is 122 Å². The second kappa shape index (κ2) is 6.70. The van der Waals surface area contributed by atoms with Gasteiger partial charge in [0.05, 0.1) is 19.0 Å². The number of nitrogens with two attached hydrogens (primary N) is 1. The highest BCUT2D eigenvalue weighted by molar-refractivity contribution is 6.30. The number of ether oxygens (including phenoxy) is 1. The summed E-state index contributed by atoms with van der Waals surface area (Å²) in [5.74, 6) is -0.369. The molecule has 0 unspecified atom stereocenters. The molecule has 0 aliphatic carbocycles. The van der Waals surface area contributed by atoms with Gasteiger partial charge in [0.15, 0.2) is 0 Å². The summed E-state index contributed by atoms with van der Waals surface area (Å²) in [5, 5.41) is 1.27. The van der Waals surface area contributed by atoms with E-state index in [4.69, 9.17) is 17.3 Å². The van der Waals surface area contributed by atoms with Crippen molar-refractivity contribution in [3.8, 4) is 0 Å². The van der Waals surface area contributed by atoms with Gasteiger partial charge in [0.2, 0.25) is 0 Å². The Morgan fingerprint density at radius 1 is 1.47 bits per heavy atom. The number of rotatable bonds is 3. The lowest BCUT2D eigenvalue weighted by Crippen LogP contribution is -2.17. The zero-order valence-electron chi connectivity index (χ0n) is 10.3. The van der Waals surface area contributed by atoms with E-state index in [1.807, 2.05) is 30.3 Å². The van der Waals surface area contributed by atoms with Crippen molar-refractivity contribution in [2.75, 3.05) is 7.11 Å². The van der Waals surface area contributed by atoms with Gasteiger partial charge in [0.25, 0.3) is 0 Å². The Morgan fingerprint density at radius 3 is 2.84 bits per heavy atom. The van der Waals surface area contributed by atoms with Crippen LogP contribution in [0.1, 0.15) is 18.0 Å². The van der Waals surface area contributed by atoms with Crippen molar-refractivity contribution < 1.29 is 9.53 Å². The van der Waals surface area contributed by atoms with Gasteiger partial charge in [0, 0.05) is 17.0 Å². The van der Waals surface area contributed by atoms with Crippen LogP contribution in [0, 0.1) is 0 Å². The minimum Gasteiger partial charge on any atom is -0.469 e. The fraction of sp³-hybridized carbons (Fsp3) is 0.231. The number of fused-ring (bicyclic) bond motifs is 1. The summed E-state index contributed by atoms with van der Waals surface area (Å²) in [6.45, 7) is 0. The number of nitrogens with zero attached hydrogens (tertiary/aromatic N) is 1. The Balaban J connectivity index is 0.00000180. The predicted molar refractivity (Wildman–Crippen MR) is 77.6 cm³/mol. The van der Waals surface area contributed by atoms with Crippen LogP contribution < -0.4 is 5.73 Å². The Morgan fingerprint density at radius 2 is 2.16 bits per heavy atom. The van der Waals surface area contributed by atoms with Crippen molar-refractivity contribution >= 4 is 40.9 Å². The molecule has 0 aliphatic heterocycles. The number of aromatic nitrogens is 1. The molecule has 1 heterocycles. The highest BCUT2D eigenvalue weighted by Gasteiger charge is 2.16. The van der Waals surface area contributed by atoms with E-state index in [2.05, 4.69) is 9.72 Å². The molecule has 0 aliphatic rings. The second-order valence-corrected chi connectivity index (χ2v) is 4.31. The van der Waals surface area contributed by atoms with Gasteiger partial charge in [0.1, 0.15) is 5.15 Å². The molecule has 0 fully saturated rings. The van der Waals surface area contributed by atoms with E-state index in [9.17, 15) is 4.79 Å². The van der Waals surface area contributed by atoms with Gasteiger partial charge in [-0.1, -0.05) is 29.8 Å². The monoisotopic (exact) mass is 300 g/mol. The van der Waals surface area contributed by atoms with Crippen molar-refractivity contribution in [2.24, 2.45) is 5.73 Å². The number of methoxy groups -OCH3 is 1. The average molecular weight is 301 g/mol. The fourth-order valence-corrected chi connectivity index (χ4v) is 2.03. The van der Waals surface area contributed by atoms with Crippen LogP contribution in [0.3, 0.4) is 0 Å². The lowest BCUT2D eigenvalue weighted by molar-refractivity contribution is -0.141. The molecule has 0 bridgehead atoms. The van der Waals surface area contributed by atoms with Gasteiger partial charge < -0.3 is 10.5 Å². The number of hydrogen-bond donors (Lipinski definition) is 1. The van der Waals surface area contributed by atoms with Crippen molar-refractivity contribution in [3.63, 3.8) is 0 Å². The first-order valence-electron chi connectivity index (χ1n) is 5.49. The molecular weight excluding hydrogens is 287 g/mol. The topological polar surface area (TPSA) is 65.2 Å². The number of hydrogen-bond acceptors (Lipinski definition) is 4. The van der Waals surface area contributed by atoms with Gasteiger partial charge >= 0.3 is 5.97 Å². The molecule has 0 radical (unpaired) electrons. The van der Waals surface area contributed by atoms with Crippen LogP contribution in [0.5, 0.6) is 0 Å². The van der Waals surface area contributed by atoms with Crippen LogP contribution in [0.15, 0.2) is 30.3 Å². The van der Waals surface area contributed by atoms with Crippen molar-refractivity contribution in [1.82, 2.24) is 4.98 Å². The summed E-state index contributed by atoms with van der Waals surface area (Å²) < 4.78 is 4.59. The van der Waals surface area contributed by atoms with E-state index in [-0.39, 0.29) is 24.8 Å². The molecule has 4 nitrogen and oxygen atoms in total. The second-order valence-electron chi connectivity index (χ2n) is 3.95. The largest absolute Gasteiger partial charge is 0.469 e. The van der Waals surface area contributed by atoms with Gasteiger partial charge in [-0.3, -0.25) is 4.79 Å². The van der Waals surface area contributed by atoms with Gasteiger partial charge in [-0.25, -0.2) is 4.98 Å². The van der Waals surface area contributed by atoms with Crippen LogP contribution in [0.4, 0.5) is 0 Å².